The third kappa shape index (κ3) is 5.73. The van der Waals surface area contributed by atoms with Crippen LogP contribution in [0.25, 0.3) is 0 Å². The molecule has 1 atom stereocenters. The summed E-state index contributed by atoms with van der Waals surface area (Å²) in [5, 5.41) is 14.4. The van der Waals surface area contributed by atoms with Crippen molar-refractivity contribution < 1.29 is 9.47 Å². The zero-order chi connectivity index (χ0) is 19.9. The van der Waals surface area contributed by atoms with Gasteiger partial charge in [0.15, 0.2) is 5.16 Å². The van der Waals surface area contributed by atoms with E-state index in [0.29, 0.717) is 0 Å². The van der Waals surface area contributed by atoms with Gasteiger partial charge in [-0.3, -0.25) is 9.25 Å². The van der Waals surface area contributed by atoms with E-state index in [4.69, 9.17) is 9.47 Å². The zero-order valence-corrected chi connectivity index (χ0v) is 18.1. The van der Waals surface area contributed by atoms with Gasteiger partial charge in [0.1, 0.15) is 0 Å². The first kappa shape index (κ1) is 20.7. The molecule has 160 valence electrons. The van der Waals surface area contributed by atoms with Crippen LogP contribution in [-0.4, -0.2) is 69.3 Å². The number of unbranched alkanes of at least 4 members (excludes halogenated alkanes) is 2. The molecule has 2 aliphatic rings. The van der Waals surface area contributed by atoms with Crippen molar-refractivity contribution >= 4 is 17.7 Å². The number of aromatic nitrogens is 5. The van der Waals surface area contributed by atoms with E-state index >= 15 is 0 Å². The lowest BCUT2D eigenvalue weighted by Gasteiger charge is -2.28. The minimum absolute atomic E-state index is 0.280. The van der Waals surface area contributed by atoms with Crippen LogP contribution < -0.4 is 4.90 Å². The third-order valence-electron chi connectivity index (χ3n) is 5.43. The Balaban J connectivity index is 1.29. The number of anilines is 1. The van der Waals surface area contributed by atoms with Gasteiger partial charge < -0.3 is 14.4 Å². The summed E-state index contributed by atoms with van der Waals surface area (Å²) in [6.07, 6.45) is 10.1. The maximum atomic E-state index is 5.89. The molecule has 0 spiro atoms. The van der Waals surface area contributed by atoms with E-state index in [1.54, 1.807) is 0 Å². The van der Waals surface area contributed by atoms with Crippen molar-refractivity contribution in [1.82, 2.24) is 24.5 Å². The Morgan fingerprint density at radius 2 is 2.03 bits per heavy atom. The summed E-state index contributed by atoms with van der Waals surface area (Å²) < 4.78 is 15.7. The van der Waals surface area contributed by atoms with Crippen LogP contribution in [-0.2, 0) is 22.6 Å². The fourth-order valence-electron chi connectivity index (χ4n) is 3.84. The Morgan fingerprint density at radius 1 is 1.14 bits per heavy atom. The quantitative estimate of drug-likeness (QED) is 0.432. The standard InChI is InChI=1S/C20H32N6O2S/c1-17-14-21-25(15-17)7-3-2-4-13-29-20-23-22-19(24-8-11-27-12-9-24)26(20)16-18-6-5-10-28-18/h14-15,18H,2-13,16H2,1H3. The highest BCUT2D eigenvalue weighted by molar-refractivity contribution is 7.99. The molecular weight excluding hydrogens is 388 g/mol. The van der Waals surface area contributed by atoms with Crippen LogP contribution in [0.1, 0.15) is 37.7 Å². The van der Waals surface area contributed by atoms with Crippen molar-refractivity contribution in [2.75, 3.05) is 43.6 Å². The molecule has 2 saturated heterocycles. The van der Waals surface area contributed by atoms with E-state index in [9.17, 15) is 0 Å². The molecule has 0 saturated carbocycles. The average molecular weight is 421 g/mol. The van der Waals surface area contributed by atoms with Gasteiger partial charge in [-0.25, -0.2) is 0 Å². The largest absolute Gasteiger partial charge is 0.378 e. The molecule has 0 bridgehead atoms. The van der Waals surface area contributed by atoms with E-state index < -0.39 is 0 Å². The minimum Gasteiger partial charge on any atom is -0.378 e. The number of hydrogen-bond acceptors (Lipinski definition) is 7. The van der Waals surface area contributed by atoms with E-state index in [1.165, 1.54) is 18.4 Å². The number of hydrogen-bond donors (Lipinski definition) is 0. The van der Waals surface area contributed by atoms with Gasteiger partial charge in [-0.2, -0.15) is 5.10 Å². The maximum Gasteiger partial charge on any atom is 0.228 e. The summed E-state index contributed by atoms with van der Waals surface area (Å²) in [4.78, 5) is 2.29. The number of aryl methyl sites for hydroxylation is 2. The zero-order valence-electron chi connectivity index (χ0n) is 17.3. The molecule has 2 aromatic rings. The SMILES string of the molecule is Cc1cnn(CCCCCSc2nnc(N3CCOCC3)n2CC2CCCO2)c1. The van der Waals surface area contributed by atoms with Crippen LogP contribution in [0.3, 0.4) is 0 Å². The van der Waals surface area contributed by atoms with Crippen molar-refractivity contribution in [3.05, 3.63) is 18.0 Å². The molecule has 4 heterocycles. The minimum atomic E-state index is 0.280. The molecule has 1 unspecified atom stereocenters. The highest BCUT2D eigenvalue weighted by Crippen LogP contribution is 2.26. The molecule has 0 aromatic carbocycles. The van der Waals surface area contributed by atoms with Crippen LogP contribution in [0.4, 0.5) is 5.95 Å². The van der Waals surface area contributed by atoms with Gasteiger partial charge in [0.25, 0.3) is 0 Å². The molecule has 2 fully saturated rings. The summed E-state index contributed by atoms with van der Waals surface area (Å²) in [6, 6.07) is 0. The molecule has 4 rings (SSSR count). The van der Waals surface area contributed by atoms with Crippen LogP contribution in [0.5, 0.6) is 0 Å². The molecule has 0 amide bonds. The lowest BCUT2D eigenvalue weighted by Crippen LogP contribution is -2.38. The van der Waals surface area contributed by atoms with Gasteiger partial charge in [-0.15, -0.1) is 10.2 Å². The molecule has 0 radical (unpaired) electrons. The van der Waals surface area contributed by atoms with Crippen LogP contribution >= 0.6 is 11.8 Å². The maximum absolute atomic E-state index is 5.89. The molecule has 8 nitrogen and oxygen atoms in total. The molecule has 9 heteroatoms. The molecule has 0 N–H and O–H groups in total. The summed E-state index contributed by atoms with van der Waals surface area (Å²) in [5.41, 5.74) is 1.22. The highest BCUT2D eigenvalue weighted by Gasteiger charge is 2.24. The topological polar surface area (TPSA) is 70.2 Å². The van der Waals surface area contributed by atoms with E-state index in [2.05, 4.69) is 37.9 Å². The van der Waals surface area contributed by atoms with Gasteiger partial charge in [0.2, 0.25) is 5.95 Å². The average Bonchev–Trinajstić information content (AvgIpc) is 3.48. The summed E-state index contributed by atoms with van der Waals surface area (Å²) >= 11 is 1.82. The molecule has 29 heavy (non-hydrogen) atoms. The summed E-state index contributed by atoms with van der Waals surface area (Å²) in [5.74, 6) is 2.03. The monoisotopic (exact) mass is 420 g/mol. The first-order chi connectivity index (χ1) is 14.3. The third-order valence-corrected chi connectivity index (χ3v) is 6.48. The second-order valence-electron chi connectivity index (χ2n) is 7.82. The Kier molecular flexibility index (Phi) is 7.45. The Labute approximate surface area is 176 Å². The molecule has 2 aliphatic heterocycles. The molecular formula is C20H32N6O2S. The van der Waals surface area contributed by atoms with E-state index in [1.807, 2.05) is 22.6 Å². The van der Waals surface area contributed by atoms with Crippen LogP contribution in [0.2, 0.25) is 0 Å². The van der Waals surface area contributed by atoms with Crippen molar-refractivity contribution in [2.45, 2.75) is 63.4 Å². The lowest BCUT2D eigenvalue weighted by atomic mass is 10.2. The normalized spacial score (nSPS) is 19.9. The van der Waals surface area contributed by atoms with Crippen LogP contribution in [0.15, 0.2) is 17.6 Å². The number of morpholine rings is 1. The molecule has 0 aliphatic carbocycles. The second kappa shape index (κ2) is 10.4. The smallest absolute Gasteiger partial charge is 0.228 e. The van der Waals surface area contributed by atoms with Crippen molar-refractivity contribution in [3.8, 4) is 0 Å². The van der Waals surface area contributed by atoms with Gasteiger partial charge in [-0.05, 0) is 38.2 Å². The number of ether oxygens (including phenoxy) is 2. The number of rotatable bonds is 10. The summed E-state index contributed by atoms with van der Waals surface area (Å²) in [7, 11) is 0. The van der Waals surface area contributed by atoms with Gasteiger partial charge in [-0.1, -0.05) is 18.2 Å². The number of thioether (sulfide) groups is 1. The fraction of sp³-hybridized carbons (Fsp3) is 0.750. The predicted octanol–water partition coefficient (Wildman–Crippen LogP) is 2.76. The first-order valence-electron chi connectivity index (χ1n) is 10.8. The highest BCUT2D eigenvalue weighted by atomic mass is 32.2. The first-order valence-corrected chi connectivity index (χ1v) is 11.8. The van der Waals surface area contributed by atoms with Gasteiger partial charge in [0.05, 0.1) is 32.1 Å². The van der Waals surface area contributed by atoms with Crippen molar-refractivity contribution in [2.24, 2.45) is 0 Å². The molecule has 2 aromatic heterocycles. The van der Waals surface area contributed by atoms with E-state index in [-0.39, 0.29) is 6.10 Å². The number of nitrogens with zero attached hydrogens (tertiary/aromatic N) is 6. The Morgan fingerprint density at radius 3 is 2.79 bits per heavy atom. The van der Waals surface area contributed by atoms with Crippen molar-refractivity contribution in [3.63, 3.8) is 0 Å². The fourth-order valence-corrected chi connectivity index (χ4v) is 4.78. The Hall–Kier alpha value is -1.58. The summed E-state index contributed by atoms with van der Waals surface area (Å²) in [6.45, 7) is 8.06. The lowest BCUT2D eigenvalue weighted by molar-refractivity contribution is 0.0942. The van der Waals surface area contributed by atoms with Crippen molar-refractivity contribution in [1.29, 1.82) is 0 Å². The van der Waals surface area contributed by atoms with E-state index in [0.717, 1.165) is 82.1 Å². The Bertz CT molecular complexity index is 752. The van der Waals surface area contributed by atoms with Crippen LogP contribution in [0, 0.1) is 6.92 Å². The van der Waals surface area contributed by atoms with Gasteiger partial charge >= 0.3 is 0 Å². The van der Waals surface area contributed by atoms with Gasteiger partial charge in [0, 0.05) is 38.2 Å². The second-order valence-corrected chi connectivity index (χ2v) is 8.88. The predicted molar refractivity (Wildman–Crippen MR) is 114 cm³/mol.